The molecule has 0 radical (unpaired) electrons. The summed E-state index contributed by atoms with van der Waals surface area (Å²) in [7, 11) is 1.68. The molecule has 0 bridgehead atoms. The van der Waals surface area contributed by atoms with E-state index in [-0.39, 0.29) is 12.3 Å². The molecule has 0 amide bonds. The number of fused-ring (bicyclic) bond motifs is 1. The molecule has 0 spiro atoms. The van der Waals surface area contributed by atoms with Crippen LogP contribution in [-0.4, -0.2) is 60.2 Å². The van der Waals surface area contributed by atoms with Gasteiger partial charge in [0.05, 0.1) is 13.5 Å². The third-order valence-electron chi connectivity index (χ3n) is 9.58. The summed E-state index contributed by atoms with van der Waals surface area (Å²) >= 11 is 0. The highest BCUT2D eigenvalue weighted by atomic mass is 19.3. The van der Waals surface area contributed by atoms with Gasteiger partial charge in [0, 0.05) is 68.2 Å². The van der Waals surface area contributed by atoms with Gasteiger partial charge in [-0.25, -0.2) is 8.78 Å². The van der Waals surface area contributed by atoms with Crippen LogP contribution in [0.3, 0.4) is 0 Å². The normalized spacial score (nSPS) is 25.4. The summed E-state index contributed by atoms with van der Waals surface area (Å²) in [5.74, 6) is -2.04. The summed E-state index contributed by atoms with van der Waals surface area (Å²) in [6, 6.07) is 10.3. The zero-order valence-corrected chi connectivity index (χ0v) is 22.7. The molecular weight excluding hydrogens is 500 g/mol. The van der Waals surface area contributed by atoms with Crippen LogP contribution >= 0.6 is 0 Å². The number of likely N-dealkylation sites (tertiary alicyclic amines) is 1. The van der Waals surface area contributed by atoms with Crippen molar-refractivity contribution in [2.45, 2.75) is 63.3 Å². The Labute approximate surface area is 229 Å². The summed E-state index contributed by atoms with van der Waals surface area (Å²) < 4.78 is 32.9. The summed E-state index contributed by atoms with van der Waals surface area (Å²) in [5, 5.41) is 9.36. The number of anilines is 1. The summed E-state index contributed by atoms with van der Waals surface area (Å²) in [4.78, 5) is 20.6. The molecule has 4 aliphatic rings. The first kappa shape index (κ1) is 26.5. The van der Waals surface area contributed by atoms with Gasteiger partial charge in [0.1, 0.15) is 5.75 Å². The van der Waals surface area contributed by atoms with Crippen molar-refractivity contribution >= 4 is 11.7 Å². The Kier molecular flexibility index (Phi) is 7.25. The van der Waals surface area contributed by atoms with Crippen LogP contribution in [0.2, 0.25) is 0 Å². The number of nitrogens with zero attached hydrogens (tertiary/aromatic N) is 3. The second-order valence-corrected chi connectivity index (χ2v) is 12.2. The van der Waals surface area contributed by atoms with Gasteiger partial charge < -0.3 is 14.7 Å². The first-order valence-electron chi connectivity index (χ1n) is 14.5. The van der Waals surface area contributed by atoms with Gasteiger partial charge in [-0.15, -0.1) is 0 Å². The first-order valence-corrected chi connectivity index (χ1v) is 14.5. The maximum absolute atomic E-state index is 13.7. The number of aliphatic carboxylic acids is 1. The van der Waals surface area contributed by atoms with Crippen molar-refractivity contribution in [3.8, 4) is 5.75 Å². The number of aromatic nitrogens is 1. The van der Waals surface area contributed by atoms with Crippen LogP contribution in [0.25, 0.3) is 0 Å². The van der Waals surface area contributed by atoms with Crippen molar-refractivity contribution in [2.75, 3.05) is 38.2 Å². The largest absolute Gasteiger partial charge is 0.497 e. The van der Waals surface area contributed by atoms with Crippen molar-refractivity contribution in [2.24, 2.45) is 23.7 Å². The standard InChI is InChI=1S/C31H39F2N3O3/c1-39-25-7-5-23(17-35-18-27-28(19-35)31(27,32)33)29(15-25)36-12-9-20(10-13-36)2-6-24-14-22(8-11-34-24)26(16-30(37)38)21-3-4-21/h5,7-8,11,14-15,20-21,26-28H,2-4,6,9-10,12-13,16-19H2,1H3,(H,37,38). The number of halogens is 2. The highest BCUT2D eigenvalue weighted by molar-refractivity contribution is 5.68. The summed E-state index contributed by atoms with van der Waals surface area (Å²) in [6.45, 7) is 3.60. The van der Waals surface area contributed by atoms with E-state index in [0.717, 1.165) is 68.6 Å². The number of pyridine rings is 1. The Morgan fingerprint density at radius 2 is 1.87 bits per heavy atom. The highest BCUT2D eigenvalue weighted by Gasteiger charge is 2.71. The molecule has 2 saturated heterocycles. The summed E-state index contributed by atoms with van der Waals surface area (Å²) in [5.41, 5.74) is 4.55. The zero-order valence-electron chi connectivity index (χ0n) is 22.7. The SMILES string of the molecule is COc1ccc(CN2CC3C(C2)C3(F)F)c(N2CCC(CCc3cc(C(CC(=O)O)C4CC4)ccn3)CC2)c1. The molecule has 3 heterocycles. The second kappa shape index (κ2) is 10.7. The molecular formula is C31H39F2N3O3. The molecule has 1 N–H and O–H groups in total. The van der Waals surface area contributed by atoms with E-state index in [2.05, 4.69) is 33.0 Å². The number of carboxylic acids is 1. The molecule has 3 unspecified atom stereocenters. The Hall–Kier alpha value is -2.74. The topological polar surface area (TPSA) is 65.9 Å². The average Bonchev–Trinajstić information content (AvgIpc) is 3.80. The monoisotopic (exact) mass is 539 g/mol. The number of alkyl halides is 2. The zero-order chi connectivity index (χ0) is 27.1. The Balaban J connectivity index is 1.04. The van der Waals surface area contributed by atoms with Crippen molar-refractivity contribution in [3.63, 3.8) is 0 Å². The number of carbonyl (C=O) groups is 1. The molecule has 2 aromatic rings. The van der Waals surface area contributed by atoms with Gasteiger partial charge in [-0.2, -0.15) is 0 Å². The molecule has 2 saturated carbocycles. The molecule has 2 aliphatic carbocycles. The number of rotatable bonds is 11. The van der Waals surface area contributed by atoms with Crippen molar-refractivity contribution in [1.29, 1.82) is 0 Å². The molecule has 6 nitrogen and oxygen atoms in total. The van der Waals surface area contributed by atoms with Gasteiger partial charge in [-0.3, -0.25) is 14.7 Å². The third kappa shape index (κ3) is 5.76. The average molecular weight is 540 g/mol. The van der Waals surface area contributed by atoms with Crippen LogP contribution in [0, 0.1) is 23.7 Å². The summed E-state index contributed by atoms with van der Waals surface area (Å²) in [6.07, 6.45) is 8.48. The van der Waals surface area contributed by atoms with Crippen LogP contribution in [-0.2, 0) is 17.8 Å². The smallest absolute Gasteiger partial charge is 0.303 e. The third-order valence-corrected chi connectivity index (χ3v) is 9.58. The van der Waals surface area contributed by atoms with E-state index >= 15 is 0 Å². The minimum Gasteiger partial charge on any atom is -0.497 e. The molecule has 1 aromatic heterocycles. The van der Waals surface area contributed by atoms with E-state index in [9.17, 15) is 18.7 Å². The number of ether oxygens (including phenoxy) is 1. The van der Waals surface area contributed by atoms with Gasteiger partial charge in [-0.1, -0.05) is 6.07 Å². The fourth-order valence-corrected chi connectivity index (χ4v) is 6.98. The van der Waals surface area contributed by atoms with E-state index in [1.54, 1.807) is 7.11 Å². The van der Waals surface area contributed by atoms with Crippen LogP contribution in [0.1, 0.15) is 61.3 Å². The van der Waals surface area contributed by atoms with Crippen LogP contribution in [0.15, 0.2) is 36.5 Å². The Morgan fingerprint density at radius 1 is 1.13 bits per heavy atom. The number of hydrogen-bond acceptors (Lipinski definition) is 5. The maximum Gasteiger partial charge on any atom is 0.303 e. The number of aryl methyl sites for hydroxylation is 1. The van der Waals surface area contributed by atoms with Crippen LogP contribution < -0.4 is 9.64 Å². The molecule has 39 heavy (non-hydrogen) atoms. The van der Waals surface area contributed by atoms with Gasteiger partial charge in [0.2, 0.25) is 0 Å². The predicted octanol–water partition coefficient (Wildman–Crippen LogP) is 5.60. The van der Waals surface area contributed by atoms with Crippen molar-refractivity contribution in [1.82, 2.24) is 9.88 Å². The molecule has 210 valence electrons. The van der Waals surface area contributed by atoms with Gasteiger partial charge in [-0.05, 0) is 85.6 Å². The number of carboxylic acid groups (broad SMARTS) is 1. The Bertz CT molecular complexity index is 1180. The lowest BCUT2D eigenvalue weighted by atomic mass is 9.89. The minimum atomic E-state index is -2.45. The van der Waals surface area contributed by atoms with Crippen LogP contribution in [0.4, 0.5) is 14.5 Å². The molecule has 8 heteroatoms. The van der Waals surface area contributed by atoms with E-state index < -0.39 is 23.7 Å². The Morgan fingerprint density at radius 3 is 2.54 bits per heavy atom. The fourth-order valence-electron chi connectivity index (χ4n) is 6.98. The lowest BCUT2D eigenvalue weighted by Crippen LogP contribution is -2.35. The lowest BCUT2D eigenvalue weighted by molar-refractivity contribution is -0.137. The quantitative estimate of drug-likeness (QED) is 0.401. The van der Waals surface area contributed by atoms with Crippen molar-refractivity contribution in [3.05, 3.63) is 53.3 Å². The van der Waals surface area contributed by atoms with Crippen molar-refractivity contribution < 1.29 is 23.4 Å². The number of methoxy groups -OCH3 is 1. The maximum atomic E-state index is 13.7. The fraction of sp³-hybridized carbons (Fsp3) is 0.613. The predicted molar refractivity (Wildman–Crippen MR) is 145 cm³/mol. The van der Waals surface area contributed by atoms with Gasteiger partial charge in [0.25, 0.3) is 5.92 Å². The lowest BCUT2D eigenvalue weighted by Gasteiger charge is -2.35. The number of benzene rings is 1. The molecule has 6 rings (SSSR count). The number of piperidine rings is 2. The molecule has 3 atom stereocenters. The van der Waals surface area contributed by atoms with E-state index in [4.69, 9.17) is 4.74 Å². The van der Waals surface area contributed by atoms with Gasteiger partial charge in [0.15, 0.2) is 0 Å². The van der Waals surface area contributed by atoms with Gasteiger partial charge >= 0.3 is 5.97 Å². The van der Waals surface area contributed by atoms with E-state index in [1.807, 2.05) is 18.3 Å². The van der Waals surface area contributed by atoms with Crippen LogP contribution in [0.5, 0.6) is 5.75 Å². The van der Waals surface area contributed by atoms with E-state index in [0.29, 0.717) is 31.5 Å². The first-order chi connectivity index (χ1) is 18.8. The second-order valence-electron chi connectivity index (χ2n) is 12.2. The molecule has 2 aliphatic heterocycles. The highest BCUT2D eigenvalue weighted by Crippen LogP contribution is 2.59. The molecule has 4 fully saturated rings. The number of hydrogen-bond donors (Lipinski definition) is 1. The molecule has 1 aromatic carbocycles. The van der Waals surface area contributed by atoms with E-state index in [1.165, 1.54) is 11.3 Å². The minimum absolute atomic E-state index is 0.104.